The van der Waals surface area contributed by atoms with Crippen molar-refractivity contribution in [3.63, 3.8) is 0 Å². The number of hydrogen-bond donors (Lipinski definition) is 0. The highest BCUT2D eigenvalue weighted by Gasteiger charge is 2.05. The number of para-hydroxylation sites is 1. The Balaban J connectivity index is 2.49. The zero-order valence-electron chi connectivity index (χ0n) is 12.2. The topological polar surface area (TPSA) is 12.4 Å². The summed E-state index contributed by atoms with van der Waals surface area (Å²) in [6, 6.07) is 14.8. The number of rotatable bonds is 3. The van der Waals surface area contributed by atoms with Gasteiger partial charge in [0.1, 0.15) is 0 Å². The van der Waals surface area contributed by atoms with Crippen LogP contribution in [0.25, 0.3) is 0 Å². The molecule has 0 aliphatic heterocycles. The molecule has 0 fully saturated rings. The van der Waals surface area contributed by atoms with Crippen molar-refractivity contribution in [2.75, 3.05) is 0 Å². The smallest absolute Gasteiger partial charge is 0.0691 e. The lowest BCUT2D eigenvalue weighted by molar-refractivity contribution is 1.13. The normalized spacial score (nSPS) is 11.7. The van der Waals surface area contributed by atoms with Crippen molar-refractivity contribution in [1.29, 1.82) is 0 Å². The summed E-state index contributed by atoms with van der Waals surface area (Å²) < 4.78 is 0. The van der Waals surface area contributed by atoms with E-state index in [1.54, 1.807) is 0 Å². The van der Waals surface area contributed by atoms with Crippen LogP contribution in [0.3, 0.4) is 0 Å². The molecule has 0 radical (unpaired) electrons. The maximum Gasteiger partial charge on any atom is 0.0691 e. The number of nitrogens with zero attached hydrogens (tertiary/aromatic N) is 1. The fourth-order valence-corrected chi connectivity index (χ4v) is 2.39. The van der Waals surface area contributed by atoms with Gasteiger partial charge in [0.05, 0.1) is 5.69 Å². The Morgan fingerprint density at radius 1 is 0.947 bits per heavy atom. The lowest BCUT2D eigenvalue weighted by Crippen LogP contribution is -2.00. The molecule has 2 aromatic rings. The lowest BCUT2D eigenvalue weighted by atomic mass is 10.0. The van der Waals surface area contributed by atoms with Gasteiger partial charge in [-0.1, -0.05) is 49.4 Å². The van der Waals surface area contributed by atoms with Gasteiger partial charge in [0.25, 0.3) is 0 Å². The fraction of sp³-hybridized carbons (Fsp3) is 0.278. The van der Waals surface area contributed by atoms with Gasteiger partial charge in [-0.2, -0.15) is 0 Å². The first kappa shape index (κ1) is 13.5. The summed E-state index contributed by atoms with van der Waals surface area (Å²) in [5, 5.41) is 0. The first-order chi connectivity index (χ1) is 9.13. The molecule has 0 saturated heterocycles. The third-order valence-electron chi connectivity index (χ3n) is 3.51. The van der Waals surface area contributed by atoms with Crippen molar-refractivity contribution in [2.24, 2.45) is 4.99 Å². The van der Waals surface area contributed by atoms with E-state index < -0.39 is 0 Å². The molecule has 2 rings (SSSR count). The van der Waals surface area contributed by atoms with Gasteiger partial charge in [0, 0.05) is 5.71 Å². The van der Waals surface area contributed by atoms with Crippen molar-refractivity contribution in [3.8, 4) is 0 Å². The van der Waals surface area contributed by atoms with Crippen LogP contribution in [0.1, 0.15) is 36.1 Å². The molecule has 0 aliphatic rings. The van der Waals surface area contributed by atoms with Crippen molar-refractivity contribution < 1.29 is 0 Å². The molecule has 0 N–H and O–H groups in total. The molecule has 0 bridgehead atoms. The first-order valence-corrected chi connectivity index (χ1v) is 6.83. The summed E-state index contributed by atoms with van der Waals surface area (Å²) in [5.41, 5.74) is 7.27. The summed E-state index contributed by atoms with van der Waals surface area (Å²) in [4.78, 5) is 4.85. The van der Waals surface area contributed by atoms with E-state index in [-0.39, 0.29) is 0 Å². The molecule has 0 saturated carbocycles. The highest BCUT2D eigenvalue weighted by molar-refractivity contribution is 6.01. The maximum absolute atomic E-state index is 4.85. The van der Waals surface area contributed by atoms with Gasteiger partial charge in [-0.25, -0.2) is 0 Å². The Labute approximate surface area is 116 Å². The van der Waals surface area contributed by atoms with Crippen molar-refractivity contribution >= 4 is 11.4 Å². The minimum Gasteiger partial charge on any atom is -0.253 e. The molecule has 0 atom stereocenters. The predicted molar refractivity (Wildman–Crippen MR) is 83.6 cm³/mol. The van der Waals surface area contributed by atoms with Crippen LogP contribution in [-0.4, -0.2) is 5.71 Å². The van der Waals surface area contributed by atoms with Gasteiger partial charge in [-0.05, 0) is 49.4 Å². The Morgan fingerprint density at radius 2 is 1.58 bits per heavy atom. The zero-order valence-corrected chi connectivity index (χ0v) is 12.2. The molecular weight excluding hydrogens is 230 g/mol. The van der Waals surface area contributed by atoms with E-state index in [4.69, 9.17) is 4.99 Å². The minimum absolute atomic E-state index is 1.04. The molecule has 0 aliphatic carbocycles. The van der Waals surface area contributed by atoms with Gasteiger partial charge >= 0.3 is 0 Å². The molecular formula is C18H21N. The zero-order chi connectivity index (χ0) is 13.8. The van der Waals surface area contributed by atoms with Gasteiger partial charge in [0.15, 0.2) is 0 Å². The molecule has 98 valence electrons. The number of hydrogen-bond acceptors (Lipinski definition) is 1. The molecule has 1 nitrogen and oxygen atoms in total. The standard InChI is InChI=1S/C18H21N/c1-5-16-11-6-7-12-17(16)15(4)19-18-13(2)9-8-10-14(18)3/h6-12H,5H2,1-4H3/b19-15+. The fourth-order valence-electron chi connectivity index (χ4n) is 2.39. The van der Waals surface area contributed by atoms with E-state index in [0.29, 0.717) is 0 Å². The summed E-state index contributed by atoms with van der Waals surface area (Å²) in [6.07, 6.45) is 1.04. The molecule has 0 aromatic heterocycles. The lowest BCUT2D eigenvalue weighted by Gasteiger charge is -2.10. The molecule has 19 heavy (non-hydrogen) atoms. The summed E-state index contributed by atoms with van der Waals surface area (Å²) >= 11 is 0. The number of aliphatic imine (C=N–C) groups is 1. The van der Waals surface area contributed by atoms with E-state index in [1.807, 2.05) is 0 Å². The molecule has 2 aromatic carbocycles. The summed E-state index contributed by atoms with van der Waals surface area (Å²) in [5.74, 6) is 0. The third kappa shape index (κ3) is 2.93. The van der Waals surface area contributed by atoms with Crippen LogP contribution < -0.4 is 0 Å². The Morgan fingerprint density at radius 3 is 2.21 bits per heavy atom. The predicted octanol–water partition coefficient (Wildman–Crippen LogP) is 5.01. The van der Waals surface area contributed by atoms with Crippen molar-refractivity contribution in [2.45, 2.75) is 34.1 Å². The average Bonchev–Trinajstić information content (AvgIpc) is 2.42. The Kier molecular flexibility index (Phi) is 4.16. The minimum atomic E-state index is 1.04. The van der Waals surface area contributed by atoms with Crippen LogP contribution in [0.15, 0.2) is 47.5 Å². The molecule has 0 heterocycles. The quantitative estimate of drug-likeness (QED) is 0.680. The van der Waals surface area contributed by atoms with E-state index >= 15 is 0 Å². The highest BCUT2D eigenvalue weighted by Crippen LogP contribution is 2.24. The number of benzene rings is 2. The second kappa shape index (κ2) is 5.83. The average molecular weight is 251 g/mol. The Hall–Kier alpha value is -1.89. The van der Waals surface area contributed by atoms with E-state index in [2.05, 4.69) is 70.2 Å². The first-order valence-electron chi connectivity index (χ1n) is 6.83. The van der Waals surface area contributed by atoms with Crippen LogP contribution in [0, 0.1) is 13.8 Å². The molecule has 0 unspecified atom stereocenters. The van der Waals surface area contributed by atoms with E-state index in [1.165, 1.54) is 22.3 Å². The molecule has 0 amide bonds. The van der Waals surface area contributed by atoms with Gasteiger partial charge in [-0.3, -0.25) is 4.99 Å². The van der Waals surface area contributed by atoms with Crippen LogP contribution in [0.2, 0.25) is 0 Å². The van der Waals surface area contributed by atoms with Gasteiger partial charge in [0.2, 0.25) is 0 Å². The van der Waals surface area contributed by atoms with Crippen molar-refractivity contribution in [3.05, 3.63) is 64.7 Å². The van der Waals surface area contributed by atoms with Crippen molar-refractivity contribution in [1.82, 2.24) is 0 Å². The van der Waals surface area contributed by atoms with Crippen LogP contribution in [0.4, 0.5) is 5.69 Å². The summed E-state index contributed by atoms with van der Waals surface area (Å²) in [6.45, 7) is 8.52. The van der Waals surface area contributed by atoms with E-state index in [9.17, 15) is 0 Å². The Bertz CT molecular complexity index is 589. The van der Waals surface area contributed by atoms with Crippen LogP contribution >= 0.6 is 0 Å². The third-order valence-corrected chi connectivity index (χ3v) is 3.51. The molecule has 1 heteroatoms. The highest BCUT2D eigenvalue weighted by atomic mass is 14.8. The van der Waals surface area contributed by atoms with Gasteiger partial charge < -0.3 is 0 Å². The van der Waals surface area contributed by atoms with Crippen LogP contribution in [0.5, 0.6) is 0 Å². The number of aryl methyl sites for hydroxylation is 3. The molecule has 0 spiro atoms. The SMILES string of the molecule is CCc1ccccc1/C(C)=N/c1c(C)cccc1C. The largest absolute Gasteiger partial charge is 0.253 e. The second-order valence-electron chi connectivity index (χ2n) is 4.95. The van der Waals surface area contributed by atoms with Crippen LogP contribution in [-0.2, 0) is 6.42 Å². The monoisotopic (exact) mass is 251 g/mol. The van der Waals surface area contributed by atoms with Gasteiger partial charge in [-0.15, -0.1) is 0 Å². The summed E-state index contributed by atoms with van der Waals surface area (Å²) in [7, 11) is 0. The van der Waals surface area contributed by atoms with E-state index in [0.717, 1.165) is 17.8 Å². The second-order valence-corrected chi connectivity index (χ2v) is 4.95. The maximum atomic E-state index is 4.85.